The van der Waals surface area contributed by atoms with Crippen LogP contribution in [0.2, 0.25) is 0 Å². The van der Waals surface area contributed by atoms with Gasteiger partial charge < -0.3 is 89.5 Å². The molecule has 3 heterocycles. The minimum Gasteiger partial charge on any atom is -0.479 e. The highest BCUT2D eigenvalue weighted by molar-refractivity contribution is 5.73. The van der Waals surface area contributed by atoms with Gasteiger partial charge in [-0.15, -0.1) is 0 Å². The first-order chi connectivity index (χ1) is 20.0. The molecule has 19 nitrogen and oxygen atoms in total. The molecule has 3 fully saturated rings. The highest BCUT2D eigenvalue weighted by atomic mass is 16.8. The quantitative estimate of drug-likeness (QED) is 0.0813. The molecule has 0 aromatic carbocycles. The summed E-state index contributed by atoms with van der Waals surface area (Å²) in [6.45, 7) is -2.09. The van der Waals surface area contributed by atoms with Gasteiger partial charge in [-0.05, 0) is 0 Å². The summed E-state index contributed by atoms with van der Waals surface area (Å²) in [5.41, 5.74) is 0. The molecule has 0 amide bonds. The zero-order chi connectivity index (χ0) is 31.1. The van der Waals surface area contributed by atoms with E-state index >= 15 is 0 Å². The Balaban J connectivity index is 1.82. The first-order valence-corrected chi connectivity index (χ1v) is 13.0. The Bertz CT molecular complexity index is 886. The van der Waals surface area contributed by atoms with E-state index in [1.807, 2.05) is 0 Å². The smallest absolute Gasteiger partial charge is 0.335 e. The van der Waals surface area contributed by atoms with Crippen molar-refractivity contribution in [2.75, 3.05) is 33.4 Å². The Hall–Kier alpha value is -1.79. The number of carbonyl (C=O) groups is 3. The van der Waals surface area contributed by atoms with E-state index < -0.39 is 111 Å². The Morgan fingerprint density at radius 2 is 1.26 bits per heavy atom. The molecule has 0 spiro atoms. The molecule has 0 saturated carbocycles. The SMILES string of the molecule is CO[C@H]1OC(CO)[C@@H](O[C@@H]2OC(C(=O)O)[C@@H](O[C@H]3OC(CO)[C@@H](O)[C@H](O)C3NCC=O)[C@H](O)C2O)[C@H](O)C1NCC=O. The van der Waals surface area contributed by atoms with Gasteiger partial charge in [-0.25, -0.2) is 4.79 Å². The standard InChI is InChI=1S/C23H38N2O17/c1-37-21-11(25-3-5-27)14(32)17(9(7-29)39-21)40-23-16(34)15(33)18(19(42-23)20(35)36)41-22-10(24-2-4-26)13(31)12(30)8(6-28)38-22/h4-5,8-19,21-25,28-34H,2-3,6-7H2,1H3,(H,35,36)/t8?,9?,10?,11?,12-,13-,14-,15-,16?,17-,18+,19?,21+,22-,23-/m1/s1. The van der Waals surface area contributed by atoms with Gasteiger partial charge in [0.1, 0.15) is 67.5 Å². The summed E-state index contributed by atoms with van der Waals surface area (Å²) in [5, 5.41) is 87.8. The van der Waals surface area contributed by atoms with Crippen molar-refractivity contribution in [2.45, 2.75) is 92.0 Å². The number of aliphatic hydroxyl groups excluding tert-OH is 7. The lowest BCUT2D eigenvalue weighted by molar-refractivity contribution is -0.362. The highest BCUT2D eigenvalue weighted by Crippen LogP contribution is 2.32. The molecule has 3 aliphatic rings. The summed E-state index contributed by atoms with van der Waals surface area (Å²) >= 11 is 0. The molecule has 15 atom stereocenters. The van der Waals surface area contributed by atoms with Crippen LogP contribution in [0.4, 0.5) is 0 Å². The molecule has 0 aliphatic carbocycles. The van der Waals surface area contributed by atoms with Crippen LogP contribution in [0, 0.1) is 0 Å². The van der Waals surface area contributed by atoms with Crippen LogP contribution in [-0.2, 0) is 42.8 Å². The molecule has 19 heteroatoms. The number of carboxylic acid groups (broad SMARTS) is 1. The van der Waals surface area contributed by atoms with E-state index in [4.69, 9.17) is 28.4 Å². The van der Waals surface area contributed by atoms with Crippen LogP contribution in [0.5, 0.6) is 0 Å². The molecule has 3 saturated heterocycles. The summed E-state index contributed by atoms with van der Waals surface area (Å²) in [6, 6.07) is -2.43. The zero-order valence-corrected chi connectivity index (χ0v) is 22.4. The number of aldehydes is 2. The van der Waals surface area contributed by atoms with Gasteiger partial charge in [-0.1, -0.05) is 0 Å². The number of aliphatic carboxylic acids is 1. The van der Waals surface area contributed by atoms with Crippen molar-refractivity contribution < 1.29 is 83.7 Å². The van der Waals surface area contributed by atoms with Gasteiger partial charge in [-0.3, -0.25) is 0 Å². The van der Waals surface area contributed by atoms with Crippen molar-refractivity contribution in [3.05, 3.63) is 0 Å². The van der Waals surface area contributed by atoms with Crippen LogP contribution in [0.1, 0.15) is 0 Å². The topological polar surface area (TPSA) is 292 Å². The van der Waals surface area contributed by atoms with Crippen molar-refractivity contribution in [3.63, 3.8) is 0 Å². The molecule has 10 N–H and O–H groups in total. The summed E-state index contributed by atoms with van der Waals surface area (Å²) in [6.07, 6.45) is -20.9. The molecule has 242 valence electrons. The lowest BCUT2D eigenvalue weighted by Gasteiger charge is -2.48. The molecule has 3 rings (SSSR count). The number of nitrogens with one attached hydrogen (secondary N) is 2. The molecule has 0 bridgehead atoms. The molecule has 3 aliphatic heterocycles. The molecule has 6 unspecified atom stereocenters. The first kappa shape index (κ1) is 34.7. The van der Waals surface area contributed by atoms with Gasteiger partial charge in [-0.2, -0.15) is 0 Å². The number of rotatable bonds is 14. The molecule has 42 heavy (non-hydrogen) atoms. The van der Waals surface area contributed by atoms with Crippen LogP contribution in [0.3, 0.4) is 0 Å². The number of hydrogen-bond acceptors (Lipinski definition) is 18. The average Bonchev–Trinajstić information content (AvgIpc) is 2.97. The van der Waals surface area contributed by atoms with Crippen molar-refractivity contribution in [2.24, 2.45) is 0 Å². The van der Waals surface area contributed by atoms with E-state index in [2.05, 4.69) is 10.6 Å². The highest BCUT2D eigenvalue weighted by Gasteiger charge is 2.55. The van der Waals surface area contributed by atoms with Gasteiger partial charge in [0.2, 0.25) is 0 Å². The van der Waals surface area contributed by atoms with E-state index in [9.17, 15) is 55.2 Å². The van der Waals surface area contributed by atoms with E-state index in [1.54, 1.807) is 0 Å². The fourth-order valence-corrected chi connectivity index (χ4v) is 5.05. The number of carbonyl (C=O) groups excluding carboxylic acids is 2. The van der Waals surface area contributed by atoms with E-state index in [-0.39, 0.29) is 13.1 Å². The number of ether oxygens (including phenoxy) is 6. The van der Waals surface area contributed by atoms with E-state index in [1.165, 1.54) is 7.11 Å². The second kappa shape index (κ2) is 15.8. The predicted octanol–water partition coefficient (Wildman–Crippen LogP) is -7.23. The van der Waals surface area contributed by atoms with Gasteiger partial charge in [0, 0.05) is 7.11 Å². The van der Waals surface area contributed by atoms with E-state index in [0.717, 1.165) is 0 Å². The Kier molecular flexibility index (Phi) is 13.0. The molecule has 0 radical (unpaired) electrons. The third-order valence-corrected chi connectivity index (χ3v) is 7.21. The van der Waals surface area contributed by atoms with Crippen LogP contribution in [-0.4, -0.2) is 185 Å². The summed E-state index contributed by atoms with van der Waals surface area (Å²) in [7, 11) is 1.25. The second-order valence-corrected chi connectivity index (χ2v) is 9.81. The fourth-order valence-electron chi connectivity index (χ4n) is 5.05. The normalized spacial score (nSPS) is 44.4. The number of methoxy groups -OCH3 is 1. The van der Waals surface area contributed by atoms with Gasteiger partial charge >= 0.3 is 5.97 Å². The minimum absolute atomic E-state index is 0.225. The van der Waals surface area contributed by atoms with Crippen molar-refractivity contribution in [1.29, 1.82) is 0 Å². The first-order valence-electron chi connectivity index (χ1n) is 13.0. The maximum Gasteiger partial charge on any atom is 0.335 e. The maximum absolute atomic E-state index is 12.2. The Morgan fingerprint density at radius 1 is 0.714 bits per heavy atom. The largest absolute Gasteiger partial charge is 0.479 e. The summed E-state index contributed by atoms with van der Waals surface area (Å²) in [4.78, 5) is 33.9. The van der Waals surface area contributed by atoms with Gasteiger partial charge in [0.25, 0.3) is 0 Å². The van der Waals surface area contributed by atoms with Crippen LogP contribution in [0.15, 0.2) is 0 Å². The Morgan fingerprint density at radius 3 is 1.79 bits per heavy atom. The van der Waals surface area contributed by atoms with Gasteiger partial charge in [0.15, 0.2) is 25.0 Å². The molecule has 0 aromatic rings. The third-order valence-electron chi connectivity index (χ3n) is 7.21. The van der Waals surface area contributed by atoms with Crippen LogP contribution in [0.25, 0.3) is 0 Å². The maximum atomic E-state index is 12.2. The second-order valence-electron chi connectivity index (χ2n) is 9.81. The number of hydrogen-bond donors (Lipinski definition) is 10. The summed E-state index contributed by atoms with van der Waals surface area (Å²) < 4.78 is 32.8. The van der Waals surface area contributed by atoms with Crippen molar-refractivity contribution in [3.8, 4) is 0 Å². The lowest BCUT2D eigenvalue weighted by atomic mass is 9.94. The van der Waals surface area contributed by atoms with Crippen molar-refractivity contribution >= 4 is 18.5 Å². The van der Waals surface area contributed by atoms with E-state index in [0.29, 0.717) is 12.6 Å². The monoisotopic (exact) mass is 614 g/mol. The minimum atomic E-state index is -2.07. The average molecular weight is 615 g/mol. The molecular formula is C23H38N2O17. The van der Waals surface area contributed by atoms with Gasteiger partial charge in [0.05, 0.1) is 38.4 Å². The molecule has 0 aromatic heterocycles. The predicted molar refractivity (Wildman–Crippen MR) is 130 cm³/mol. The fraction of sp³-hybridized carbons (Fsp3) is 0.870. The van der Waals surface area contributed by atoms with Crippen molar-refractivity contribution in [1.82, 2.24) is 10.6 Å². The van der Waals surface area contributed by atoms with Crippen LogP contribution >= 0.6 is 0 Å². The molecular weight excluding hydrogens is 576 g/mol. The summed E-state index contributed by atoms with van der Waals surface area (Å²) in [5.74, 6) is -1.70. The number of aliphatic hydroxyl groups is 7. The Labute approximate surface area is 238 Å². The lowest BCUT2D eigenvalue weighted by Crippen LogP contribution is -2.69. The zero-order valence-electron chi connectivity index (χ0n) is 22.4. The third kappa shape index (κ3) is 7.46. The number of carboxylic acids is 1. The van der Waals surface area contributed by atoms with Crippen LogP contribution < -0.4 is 10.6 Å².